The van der Waals surface area contributed by atoms with Gasteiger partial charge in [0.2, 0.25) is 0 Å². The number of nitrogens with one attached hydrogen (secondary N) is 6. The van der Waals surface area contributed by atoms with Crippen LogP contribution in [0.25, 0.3) is 0 Å². The number of thiocarbonyl (C=S) groups is 3. The van der Waals surface area contributed by atoms with Crippen LogP contribution in [0.4, 0.5) is 17.1 Å². The minimum absolute atomic E-state index is 0.105. The third-order valence-electron chi connectivity index (χ3n) is 8.16. The summed E-state index contributed by atoms with van der Waals surface area (Å²) in [6.45, 7) is 4.02. The van der Waals surface area contributed by atoms with Crippen molar-refractivity contribution in [2.45, 2.75) is 26.4 Å². The second kappa shape index (κ2) is 24.6. The average Bonchev–Trinajstić information content (AvgIpc) is 3.22. The molecule has 0 radical (unpaired) electrons. The summed E-state index contributed by atoms with van der Waals surface area (Å²) >= 11 is 33.2. The number of aromatic hydroxyl groups is 3. The lowest BCUT2D eigenvalue weighted by Crippen LogP contribution is -2.30. The van der Waals surface area contributed by atoms with Crippen LogP contribution in [0.5, 0.6) is 17.2 Å². The third kappa shape index (κ3) is 17.2. The van der Waals surface area contributed by atoms with E-state index in [-0.39, 0.29) is 17.2 Å². The van der Waals surface area contributed by atoms with Crippen LogP contribution in [-0.4, -0.2) is 37.2 Å². The van der Waals surface area contributed by atoms with Gasteiger partial charge >= 0.3 is 0 Å². The first kappa shape index (κ1) is 46.4. The highest BCUT2D eigenvalue weighted by molar-refractivity contribution is 7.80. The van der Waals surface area contributed by atoms with Crippen LogP contribution in [0.2, 0.25) is 15.1 Å². The van der Waals surface area contributed by atoms with Crippen LogP contribution in [0.3, 0.4) is 0 Å². The first-order valence-electron chi connectivity index (χ1n) is 18.1. The fourth-order valence-corrected chi connectivity index (χ4v) is 6.14. The van der Waals surface area contributed by atoms with Crippen molar-refractivity contribution in [3.05, 3.63) is 177 Å². The van der Waals surface area contributed by atoms with Gasteiger partial charge < -0.3 is 47.2 Å². The fraction of sp³-hybridized carbons (Fsp3) is 0.114. The molecule has 0 spiro atoms. The Hall–Kier alpha value is -5.34. The fourth-order valence-electron chi connectivity index (χ4n) is 5.05. The molecule has 0 aromatic heterocycles. The molecule has 0 fully saturated rings. The van der Waals surface area contributed by atoms with E-state index in [9.17, 15) is 15.3 Å². The standard InChI is InChI=1S/2C15H15ClN2OS.C14H13ClN2OS/c1-10-4-2-3-5-11(10)9-17-15(20)18-13-8-12(16)6-7-14(13)19;16-12-6-7-14(19)13(10-12)18-15(20)17-9-8-11-4-2-1-3-5-11;15-11-6-7-13(18)12(8-11)17-14(19)16-9-10-4-2-1-3-5-10/h2-8,19H,9H2,1H3,(H2,17,18,20);1-7,10,19H,8-9H2,(H2,17,18,20);1-8,18H,9H2,(H2,16,17,19). The summed E-state index contributed by atoms with van der Waals surface area (Å²) in [4.78, 5) is 0. The Labute approximate surface area is 375 Å². The lowest BCUT2D eigenvalue weighted by molar-refractivity contribution is 0.477. The molecule has 9 N–H and O–H groups in total. The SMILES string of the molecule is Cc1ccccc1CNC(=S)Nc1cc(Cl)ccc1O.Oc1ccc(Cl)cc1NC(=S)NCCc1ccccc1.Oc1ccc(Cl)cc1NC(=S)NCc1ccccc1. The molecule has 0 unspecified atom stereocenters. The van der Waals surface area contributed by atoms with Crippen molar-refractivity contribution in [3.8, 4) is 17.2 Å². The molecule has 0 aliphatic heterocycles. The summed E-state index contributed by atoms with van der Waals surface area (Å²) in [5.74, 6) is 0.323. The zero-order chi connectivity index (χ0) is 42.6. The van der Waals surface area contributed by atoms with E-state index in [1.54, 1.807) is 36.4 Å². The lowest BCUT2D eigenvalue weighted by Gasteiger charge is -2.13. The predicted molar refractivity (Wildman–Crippen MR) is 257 cm³/mol. The molecule has 0 heterocycles. The summed E-state index contributed by atoms with van der Waals surface area (Å²) in [6, 6.07) is 42.4. The van der Waals surface area contributed by atoms with Gasteiger partial charge in [0.25, 0.3) is 0 Å². The van der Waals surface area contributed by atoms with Crippen molar-refractivity contribution in [2.75, 3.05) is 22.5 Å². The number of anilines is 3. The highest BCUT2D eigenvalue weighted by Crippen LogP contribution is 2.28. The molecular formula is C44H43Cl3N6O3S3. The van der Waals surface area contributed by atoms with E-state index in [1.807, 2.05) is 66.7 Å². The molecule has 6 aromatic rings. The molecule has 0 atom stereocenters. The molecule has 306 valence electrons. The molecule has 0 bridgehead atoms. The van der Waals surface area contributed by atoms with Gasteiger partial charge in [-0.1, -0.05) is 120 Å². The van der Waals surface area contributed by atoms with Gasteiger partial charge in [-0.2, -0.15) is 0 Å². The summed E-state index contributed by atoms with van der Waals surface area (Å²) in [7, 11) is 0. The van der Waals surface area contributed by atoms with Gasteiger partial charge in [0.1, 0.15) is 17.2 Å². The van der Waals surface area contributed by atoms with Crippen molar-refractivity contribution >= 4 is 104 Å². The number of hydrogen-bond acceptors (Lipinski definition) is 6. The third-order valence-corrected chi connectivity index (χ3v) is 9.60. The van der Waals surface area contributed by atoms with Crippen LogP contribution in [0.15, 0.2) is 140 Å². The van der Waals surface area contributed by atoms with Crippen molar-refractivity contribution in [3.63, 3.8) is 0 Å². The molecule has 59 heavy (non-hydrogen) atoms. The second-order valence-corrected chi connectivity index (χ2v) is 15.2. The predicted octanol–water partition coefficient (Wildman–Crippen LogP) is 10.9. The van der Waals surface area contributed by atoms with Crippen LogP contribution in [0, 0.1) is 6.92 Å². The minimum atomic E-state index is 0.105. The van der Waals surface area contributed by atoms with Gasteiger partial charge in [-0.3, -0.25) is 0 Å². The summed E-state index contributed by atoms with van der Waals surface area (Å²) in [5, 5.41) is 50.0. The quantitative estimate of drug-likeness (QED) is 0.0479. The minimum Gasteiger partial charge on any atom is -0.506 e. The van der Waals surface area contributed by atoms with Crippen molar-refractivity contribution < 1.29 is 15.3 Å². The Morgan fingerprint density at radius 2 is 0.864 bits per heavy atom. The number of phenols is 3. The monoisotopic (exact) mass is 904 g/mol. The zero-order valence-electron chi connectivity index (χ0n) is 31.8. The van der Waals surface area contributed by atoms with Crippen molar-refractivity contribution in [2.24, 2.45) is 0 Å². The molecule has 15 heteroatoms. The Kier molecular flexibility index (Phi) is 19.3. The van der Waals surface area contributed by atoms with Crippen molar-refractivity contribution in [1.82, 2.24) is 16.0 Å². The first-order chi connectivity index (χ1) is 28.4. The van der Waals surface area contributed by atoms with Gasteiger partial charge in [0, 0.05) is 34.7 Å². The lowest BCUT2D eigenvalue weighted by atomic mass is 10.1. The molecule has 0 saturated heterocycles. The first-order valence-corrected chi connectivity index (χ1v) is 20.4. The highest BCUT2D eigenvalue weighted by atomic mass is 35.5. The van der Waals surface area contributed by atoms with E-state index in [1.165, 1.54) is 34.9 Å². The number of rotatable bonds is 10. The molecule has 0 aliphatic carbocycles. The van der Waals surface area contributed by atoms with Crippen LogP contribution in [-0.2, 0) is 19.5 Å². The molecule has 0 amide bonds. The topological polar surface area (TPSA) is 133 Å². The van der Waals surface area contributed by atoms with Crippen LogP contribution >= 0.6 is 71.5 Å². The number of benzene rings is 6. The summed E-state index contributed by atoms with van der Waals surface area (Å²) < 4.78 is 0. The largest absolute Gasteiger partial charge is 0.506 e. The summed E-state index contributed by atoms with van der Waals surface area (Å²) in [5.41, 5.74) is 6.21. The number of phenolic OH excluding ortho intramolecular Hbond substituents is 3. The number of hydrogen-bond donors (Lipinski definition) is 9. The molecule has 0 aliphatic rings. The van der Waals surface area contributed by atoms with Crippen molar-refractivity contribution in [1.29, 1.82) is 0 Å². The molecule has 6 aromatic carbocycles. The summed E-state index contributed by atoms with van der Waals surface area (Å²) in [6.07, 6.45) is 0.879. The van der Waals surface area contributed by atoms with Crippen LogP contribution < -0.4 is 31.9 Å². The Morgan fingerprint density at radius 3 is 1.32 bits per heavy atom. The molecule has 9 nitrogen and oxygen atoms in total. The van der Waals surface area contributed by atoms with E-state index in [4.69, 9.17) is 71.5 Å². The van der Waals surface area contributed by atoms with E-state index >= 15 is 0 Å². The Morgan fingerprint density at radius 1 is 0.475 bits per heavy atom. The Balaban J connectivity index is 0.000000196. The number of halogens is 3. The van der Waals surface area contributed by atoms with E-state index in [0.717, 1.165) is 18.5 Å². The number of aryl methyl sites for hydroxylation is 1. The van der Waals surface area contributed by atoms with Crippen LogP contribution in [0.1, 0.15) is 22.3 Å². The van der Waals surface area contributed by atoms with Gasteiger partial charge in [0.05, 0.1) is 17.1 Å². The molecule has 0 saturated carbocycles. The molecular weight excluding hydrogens is 863 g/mol. The maximum absolute atomic E-state index is 9.70. The van der Waals surface area contributed by atoms with E-state index in [2.05, 4.69) is 57.0 Å². The van der Waals surface area contributed by atoms with Gasteiger partial charge in [0.15, 0.2) is 15.3 Å². The van der Waals surface area contributed by atoms with Gasteiger partial charge in [-0.15, -0.1) is 0 Å². The maximum Gasteiger partial charge on any atom is 0.171 e. The highest BCUT2D eigenvalue weighted by Gasteiger charge is 2.07. The second-order valence-electron chi connectivity index (χ2n) is 12.6. The smallest absolute Gasteiger partial charge is 0.171 e. The van der Waals surface area contributed by atoms with E-state index < -0.39 is 0 Å². The Bertz CT molecular complexity index is 2310. The van der Waals surface area contributed by atoms with Gasteiger partial charge in [-0.05, 0) is 127 Å². The normalized spacial score (nSPS) is 10.0. The zero-order valence-corrected chi connectivity index (χ0v) is 36.5. The molecule has 6 rings (SSSR count). The van der Waals surface area contributed by atoms with E-state index in [0.29, 0.717) is 60.6 Å². The van der Waals surface area contributed by atoms with Gasteiger partial charge in [-0.25, -0.2) is 0 Å². The average molecular weight is 906 g/mol. The maximum atomic E-state index is 9.70.